The number of nitrogens with one attached hydrogen (secondary N) is 1. The van der Waals surface area contributed by atoms with Gasteiger partial charge in [-0.15, -0.1) is 0 Å². The summed E-state index contributed by atoms with van der Waals surface area (Å²) in [6, 6.07) is 7.08. The number of likely N-dealkylation sites (tertiary alicyclic amines) is 1. The van der Waals surface area contributed by atoms with Crippen molar-refractivity contribution in [3.05, 3.63) is 35.4 Å². The molecule has 1 aromatic rings. The van der Waals surface area contributed by atoms with Gasteiger partial charge in [-0.2, -0.15) is 0 Å². The molecule has 0 atom stereocenters. The lowest BCUT2D eigenvalue weighted by Gasteiger charge is -2.30. The lowest BCUT2D eigenvalue weighted by Crippen LogP contribution is -2.44. The zero-order chi connectivity index (χ0) is 22.1. The summed E-state index contributed by atoms with van der Waals surface area (Å²) in [5.41, 5.74) is 7.00. The highest BCUT2D eigenvalue weighted by atomic mass is 16.2. The lowest BCUT2D eigenvalue weighted by molar-refractivity contribution is -0.123. The van der Waals surface area contributed by atoms with Crippen molar-refractivity contribution in [2.75, 3.05) is 46.8 Å². The normalized spacial score (nSPS) is 15.2. The van der Waals surface area contributed by atoms with Gasteiger partial charge in [-0.3, -0.25) is 19.4 Å². The van der Waals surface area contributed by atoms with Crippen LogP contribution in [0.25, 0.3) is 0 Å². The smallest absolute Gasteiger partial charge is 0.324 e. The Hall–Kier alpha value is -2.45. The standard InChI is InChI=1S/C22H35N5O3/c1-4-24-22(30)27(13-5-12-25(2)3)21(29)19-8-6-17(7-9-19)16-26-14-10-18(11-15-26)20(23)28/h6-9,18H,4-5,10-16H2,1-3H3,(H2,23,28)(H,24,30). The van der Waals surface area contributed by atoms with Gasteiger partial charge in [0, 0.05) is 31.1 Å². The predicted molar refractivity (Wildman–Crippen MR) is 117 cm³/mol. The summed E-state index contributed by atoms with van der Waals surface area (Å²) < 4.78 is 0. The van der Waals surface area contributed by atoms with Crippen LogP contribution in [0.1, 0.15) is 42.1 Å². The number of urea groups is 1. The summed E-state index contributed by atoms with van der Waals surface area (Å²) in [5.74, 6) is -0.512. The number of piperidine rings is 1. The number of imide groups is 1. The number of amides is 4. The van der Waals surface area contributed by atoms with Crippen molar-refractivity contribution in [3.63, 3.8) is 0 Å². The quantitative estimate of drug-likeness (QED) is 0.635. The van der Waals surface area contributed by atoms with E-state index in [1.807, 2.05) is 38.1 Å². The second kappa shape index (κ2) is 11.7. The van der Waals surface area contributed by atoms with E-state index in [-0.39, 0.29) is 23.8 Å². The number of hydrogen-bond acceptors (Lipinski definition) is 5. The second-order valence-electron chi connectivity index (χ2n) is 8.10. The molecular formula is C22H35N5O3. The molecule has 2 rings (SSSR count). The summed E-state index contributed by atoms with van der Waals surface area (Å²) >= 11 is 0. The molecule has 3 N–H and O–H groups in total. The van der Waals surface area contributed by atoms with E-state index in [1.165, 1.54) is 4.90 Å². The first-order chi connectivity index (χ1) is 14.3. The monoisotopic (exact) mass is 417 g/mol. The summed E-state index contributed by atoms with van der Waals surface area (Å²) in [5, 5.41) is 2.72. The molecule has 0 bridgehead atoms. The van der Waals surface area contributed by atoms with Crippen LogP contribution < -0.4 is 11.1 Å². The van der Waals surface area contributed by atoms with Gasteiger partial charge < -0.3 is 16.0 Å². The maximum Gasteiger partial charge on any atom is 0.324 e. The van der Waals surface area contributed by atoms with E-state index in [0.29, 0.717) is 18.7 Å². The summed E-state index contributed by atoms with van der Waals surface area (Å²) in [6.45, 7) is 5.93. The molecule has 166 valence electrons. The van der Waals surface area contributed by atoms with Gasteiger partial charge >= 0.3 is 6.03 Å². The molecule has 1 aliphatic heterocycles. The molecule has 8 heteroatoms. The number of benzene rings is 1. The van der Waals surface area contributed by atoms with Gasteiger partial charge in [-0.1, -0.05) is 12.1 Å². The molecule has 1 fully saturated rings. The average Bonchev–Trinajstić information content (AvgIpc) is 2.71. The van der Waals surface area contributed by atoms with E-state index in [4.69, 9.17) is 5.73 Å². The molecule has 1 heterocycles. The van der Waals surface area contributed by atoms with Gasteiger partial charge in [0.2, 0.25) is 5.91 Å². The molecule has 0 radical (unpaired) electrons. The summed E-state index contributed by atoms with van der Waals surface area (Å²) in [6.07, 6.45) is 2.30. The van der Waals surface area contributed by atoms with Crippen molar-refractivity contribution >= 4 is 17.8 Å². The Kier molecular flexibility index (Phi) is 9.26. The molecule has 1 saturated heterocycles. The molecular weight excluding hydrogens is 382 g/mol. The number of rotatable bonds is 9. The zero-order valence-electron chi connectivity index (χ0n) is 18.4. The van der Waals surface area contributed by atoms with Crippen LogP contribution in [-0.4, -0.2) is 79.4 Å². The van der Waals surface area contributed by atoms with Crippen molar-refractivity contribution in [2.45, 2.75) is 32.7 Å². The fourth-order valence-electron chi connectivity index (χ4n) is 3.63. The summed E-state index contributed by atoms with van der Waals surface area (Å²) in [4.78, 5) is 42.2. The fourth-order valence-corrected chi connectivity index (χ4v) is 3.63. The van der Waals surface area contributed by atoms with Gasteiger partial charge in [0.1, 0.15) is 0 Å². The lowest BCUT2D eigenvalue weighted by atomic mass is 9.96. The van der Waals surface area contributed by atoms with Crippen LogP contribution in [0.2, 0.25) is 0 Å². The van der Waals surface area contributed by atoms with Crippen molar-refractivity contribution in [1.82, 2.24) is 20.0 Å². The van der Waals surface area contributed by atoms with Gasteiger partial charge in [0.05, 0.1) is 0 Å². The highest BCUT2D eigenvalue weighted by Gasteiger charge is 2.24. The van der Waals surface area contributed by atoms with Gasteiger partial charge in [-0.25, -0.2) is 4.79 Å². The molecule has 4 amide bonds. The first-order valence-electron chi connectivity index (χ1n) is 10.7. The molecule has 0 saturated carbocycles. The van der Waals surface area contributed by atoms with E-state index < -0.39 is 0 Å². The average molecular weight is 418 g/mol. The number of nitrogens with two attached hydrogens (primary N) is 1. The Balaban J connectivity index is 1.97. The Morgan fingerprint density at radius 2 is 1.73 bits per heavy atom. The van der Waals surface area contributed by atoms with Crippen molar-refractivity contribution in [2.24, 2.45) is 11.7 Å². The maximum atomic E-state index is 12.9. The molecule has 30 heavy (non-hydrogen) atoms. The number of nitrogens with zero attached hydrogens (tertiary/aromatic N) is 3. The molecule has 0 spiro atoms. The molecule has 0 aliphatic carbocycles. The van der Waals surface area contributed by atoms with Crippen LogP contribution in [-0.2, 0) is 11.3 Å². The van der Waals surface area contributed by atoms with Crippen molar-refractivity contribution in [3.8, 4) is 0 Å². The van der Waals surface area contributed by atoms with Gasteiger partial charge in [0.25, 0.3) is 5.91 Å². The number of carbonyl (C=O) groups is 3. The fraction of sp³-hybridized carbons (Fsp3) is 0.591. The van der Waals surface area contributed by atoms with Crippen LogP contribution in [0.5, 0.6) is 0 Å². The van der Waals surface area contributed by atoms with E-state index in [2.05, 4.69) is 10.2 Å². The van der Waals surface area contributed by atoms with Crippen LogP contribution in [0, 0.1) is 5.92 Å². The minimum absolute atomic E-state index is 0.0195. The second-order valence-corrected chi connectivity index (χ2v) is 8.10. The largest absolute Gasteiger partial charge is 0.369 e. The van der Waals surface area contributed by atoms with E-state index in [1.54, 1.807) is 12.1 Å². The third-order valence-corrected chi connectivity index (χ3v) is 5.40. The highest BCUT2D eigenvalue weighted by molar-refractivity contribution is 6.04. The Bertz CT molecular complexity index is 712. The number of hydrogen-bond donors (Lipinski definition) is 2. The number of primary amides is 1. The third-order valence-electron chi connectivity index (χ3n) is 5.40. The van der Waals surface area contributed by atoms with E-state index >= 15 is 0 Å². The number of carbonyl (C=O) groups excluding carboxylic acids is 3. The molecule has 1 aromatic carbocycles. The minimum Gasteiger partial charge on any atom is -0.369 e. The van der Waals surface area contributed by atoms with E-state index in [0.717, 1.165) is 51.0 Å². The van der Waals surface area contributed by atoms with Crippen molar-refractivity contribution < 1.29 is 14.4 Å². The Morgan fingerprint density at radius 3 is 2.27 bits per heavy atom. The first-order valence-corrected chi connectivity index (χ1v) is 10.7. The van der Waals surface area contributed by atoms with Crippen molar-refractivity contribution in [1.29, 1.82) is 0 Å². The van der Waals surface area contributed by atoms with Crippen LogP contribution >= 0.6 is 0 Å². The Labute approximate surface area is 179 Å². The van der Waals surface area contributed by atoms with Gasteiger partial charge in [-0.05, 0) is 77.6 Å². The van der Waals surface area contributed by atoms with Crippen LogP contribution in [0.4, 0.5) is 4.79 Å². The molecule has 0 unspecified atom stereocenters. The maximum absolute atomic E-state index is 12.9. The van der Waals surface area contributed by atoms with Crippen LogP contribution in [0.15, 0.2) is 24.3 Å². The molecule has 0 aromatic heterocycles. The topological polar surface area (TPSA) is 99.0 Å². The predicted octanol–water partition coefficient (Wildman–Crippen LogP) is 1.51. The Morgan fingerprint density at radius 1 is 1.10 bits per heavy atom. The minimum atomic E-state index is -0.359. The SMILES string of the molecule is CCNC(=O)N(CCCN(C)C)C(=O)c1ccc(CN2CCC(C(N)=O)CC2)cc1. The van der Waals surface area contributed by atoms with E-state index in [9.17, 15) is 14.4 Å². The first kappa shape index (κ1) is 23.8. The van der Waals surface area contributed by atoms with Gasteiger partial charge in [0.15, 0.2) is 0 Å². The highest BCUT2D eigenvalue weighted by Crippen LogP contribution is 2.19. The zero-order valence-corrected chi connectivity index (χ0v) is 18.4. The molecule has 1 aliphatic rings. The summed E-state index contributed by atoms with van der Waals surface area (Å²) in [7, 11) is 3.93. The van der Waals surface area contributed by atoms with Crippen LogP contribution in [0.3, 0.4) is 0 Å². The molecule has 8 nitrogen and oxygen atoms in total. The third kappa shape index (κ3) is 7.11.